The lowest BCUT2D eigenvalue weighted by atomic mass is 10.1. The lowest BCUT2D eigenvalue weighted by molar-refractivity contribution is 0.0701. The van der Waals surface area contributed by atoms with Crippen molar-refractivity contribution in [2.45, 2.75) is 6.92 Å². The maximum Gasteiger partial charge on any atom is 0.346 e. The molecule has 3 aromatic heterocycles. The van der Waals surface area contributed by atoms with Crippen LogP contribution in [0.25, 0.3) is 33.3 Å². The Kier molecular flexibility index (Phi) is 3.85. The van der Waals surface area contributed by atoms with Gasteiger partial charge in [-0.1, -0.05) is 24.3 Å². The molecule has 2 N–H and O–H groups in total. The number of para-hydroxylation sites is 1. The van der Waals surface area contributed by atoms with Crippen molar-refractivity contribution in [2.24, 2.45) is 0 Å². The smallest absolute Gasteiger partial charge is 0.346 e. The zero-order valence-electron chi connectivity index (χ0n) is 13.7. The first-order chi connectivity index (χ1) is 12.5. The summed E-state index contributed by atoms with van der Waals surface area (Å²) in [5, 5.41) is 10.6. The van der Waals surface area contributed by atoms with E-state index < -0.39 is 5.97 Å². The van der Waals surface area contributed by atoms with Gasteiger partial charge in [0, 0.05) is 11.6 Å². The van der Waals surface area contributed by atoms with Crippen molar-refractivity contribution in [1.82, 2.24) is 15.0 Å². The van der Waals surface area contributed by atoms with Crippen molar-refractivity contribution in [3.05, 3.63) is 68.7 Å². The summed E-state index contributed by atoms with van der Waals surface area (Å²) in [5.41, 5.74) is 1.94. The molecule has 7 heteroatoms. The summed E-state index contributed by atoms with van der Waals surface area (Å²) in [7, 11) is 0. The van der Waals surface area contributed by atoms with Gasteiger partial charge in [-0.05, 0) is 36.3 Å². The second-order valence-corrected chi connectivity index (χ2v) is 6.74. The molecular weight excluding hydrogens is 350 g/mol. The monoisotopic (exact) mass is 363 g/mol. The summed E-state index contributed by atoms with van der Waals surface area (Å²) in [6.07, 6.45) is 5.29. The van der Waals surface area contributed by atoms with Crippen LogP contribution >= 0.6 is 11.3 Å². The molecule has 0 bridgehead atoms. The number of fused-ring (bicyclic) bond motifs is 2. The van der Waals surface area contributed by atoms with E-state index in [4.69, 9.17) is 0 Å². The summed E-state index contributed by atoms with van der Waals surface area (Å²) in [6, 6.07) is 9.65. The largest absolute Gasteiger partial charge is 0.477 e. The topological polar surface area (TPSA) is 95.9 Å². The highest BCUT2D eigenvalue weighted by atomic mass is 32.1. The predicted molar refractivity (Wildman–Crippen MR) is 103 cm³/mol. The van der Waals surface area contributed by atoms with Gasteiger partial charge in [0.05, 0.1) is 10.9 Å². The van der Waals surface area contributed by atoms with Crippen molar-refractivity contribution < 1.29 is 9.90 Å². The molecule has 0 atom stereocenters. The fourth-order valence-corrected chi connectivity index (χ4v) is 3.90. The number of pyridine rings is 1. The number of nitrogens with one attached hydrogen (secondary N) is 1. The average Bonchev–Trinajstić information content (AvgIpc) is 2.97. The number of hydrogen-bond donors (Lipinski definition) is 2. The molecule has 4 rings (SSSR count). The Labute approximate surface area is 151 Å². The van der Waals surface area contributed by atoms with Gasteiger partial charge in [0.2, 0.25) is 0 Å². The van der Waals surface area contributed by atoms with E-state index in [0.717, 1.165) is 27.8 Å². The van der Waals surface area contributed by atoms with Gasteiger partial charge in [0.1, 0.15) is 15.5 Å². The molecule has 0 radical (unpaired) electrons. The summed E-state index contributed by atoms with van der Waals surface area (Å²) < 4.78 is 0. The highest BCUT2D eigenvalue weighted by molar-refractivity contribution is 7.20. The van der Waals surface area contributed by atoms with Crippen molar-refractivity contribution in [2.75, 3.05) is 0 Å². The Morgan fingerprint density at radius 1 is 1.23 bits per heavy atom. The molecule has 0 fully saturated rings. The van der Waals surface area contributed by atoms with E-state index in [1.807, 2.05) is 36.4 Å². The molecule has 0 saturated heterocycles. The first-order valence-electron chi connectivity index (χ1n) is 7.83. The maximum atomic E-state index is 12.4. The number of hydrogen-bond acceptors (Lipinski definition) is 5. The van der Waals surface area contributed by atoms with Crippen molar-refractivity contribution in [3.63, 3.8) is 0 Å². The van der Waals surface area contributed by atoms with Crippen molar-refractivity contribution >= 4 is 50.6 Å². The minimum Gasteiger partial charge on any atom is -0.477 e. The Bertz CT molecular complexity index is 1250. The van der Waals surface area contributed by atoms with E-state index in [1.54, 1.807) is 19.2 Å². The number of nitrogens with zero attached hydrogens (tertiary/aromatic N) is 2. The van der Waals surface area contributed by atoms with Gasteiger partial charge in [-0.25, -0.2) is 9.78 Å². The normalized spacial score (nSPS) is 11.6. The van der Waals surface area contributed by atoms with Gasteiger partial charge >= 0.3 is 5.97 Å². The predicted octanol–water partition coefficient (Wildman–Crippen LogP) is 3.71. The minimum atomic E-state index is -1.05. The Morgan fingerprint density at radius 3 is 2.85 bits per heavy atom. The van der Waals surface area contributed by atoms with Crippen LogP contribution in [0.5, 0.6) is 0 Å². The number of rotatable bonds is 3. The SMILES string of the molecule is Cc1c(C(=O)O)sc2nc(/C=C/c3ccnc4ccccc34)[nH]c(=O)c12. The number of aryl methyl sites for hydroxylation is 1. The number of aromatic nitrogens is 3. The van der Waals surface area contributed by atoms with Gasteiger partial charge in [0.15, 0.2) is 0 Å². The molecule has 0 amide bonds. The fourth-order valence-electron chi connectivity index (χ4n) is 2.88. The van der Waals surface area contributed by atoms with E-state index in [2.05, 4.69) is 15.0 Å². The van der Waals surface area contributed by atoms with Crippen LogP contribution in [0.1, 0.15) is 26.6 Å². The number of aromatic carboxylic acids is 1. The van der Waals surface area contributed by atoms with Crippen molar-refractivity contribution in [1.29, 1.82) is 0 Å². The summed E-state index contributed by atoms with van der Waals surface area (Å²) in [5.74, 6) is -0.674. The highest BCUT2D eigenvalue weighted by Gasteiger charge is 2.18. The van der Waals surface area contributed by atoms with Crippen LogP contribution in [0.15, 0.2) is 41.3 Å². The number of H-pyrrole nitrogens is 1. The van der Waals surface area contributed by atoms with E-state index >= 15 is 0 Å². The molecule has 0 aliphatic rings. The zero-order chi connectivity index (χ0) is 18.3. The molecule has 4 aromatic rings. The highest BCUT2D eigenvalue weighted by Crippen LogP contribution is 2.27. The Morgan fingerprint density at radius 2 is 2.04 bits per heavy atom. The van der Waals surface area contributed by atoms with Crippen LogP contribution in [-0.4, -0.2) is 26.0 Å². The van der Waals surface area contributed by atoms with Crippen LogP contribution in [-0.2, 0) is 0 Å². The van der Waals surface area contributed by atoms with Gasteiger partial charge in [-0.2, -0.15) is 0 Å². The summed E-state index contributed by atoms with van der Waals surface area (Å²) in [6.45, 7) is 1.62. The number of aromatic amines is 1. The molecule has 6 nitrogen and oxygen atoms in total. The molecule has 0 aliphatic heterocycles. The first-order valence-corrected chi connectivity index (χ1v) is 8.65. The number of carboxylic acid groups (broad SMARTS) is 1. The Hall–Kier alpha value is -3.32. The number of carboxylic acids is 1. The van der Waals surface area contributed by atoms with Crippen LogP contribution < -0.4 is 5.56 Å². The van der Waals surface area contributed by atoms with Gasteiger partial charge < -0.3 is 10.1 Å². The van der Waals surface area contributed by atoms with Crippen LogP contribution in [0.3, 0.4) is 0 Å². The second-order valence-electron chi connectivity index (χ2n) is 5.74. The van der Waals surface area contributed by atoms with Crippen LogP contribution in [0, 0.1) is 6.92 Å². The molecule has 3 heterocycles. The number of benzene rings is 1. The minimum absolute atomic E-state index is 0.138. The number of carbonyl (C=O) groups is 1. The van der Waals surface area contributed by atoms with Crippen LogP contribution in [0.4, 0.5) is 0 Å². The van der Waals surface area contributed by atoms with Crippen molar-refractivity contribution in [3.8, 4) is 0 Å². The van der Waals surface area contributed by atoms with E-state index in [0.29, 0.717) is 21.6 Å². The average molecular weight is 363 g/mol. The lowest BCUT2D eigenvalue weighted by Crippen LogP contribution is -2.09. The summed E-state index contributed by atoms with van der Waals surface area (Å²) >= 11 is 1.01. The Balaban J connectivity index is 1.81. The van der Waals surface area contributed by atoms with E-state index in [9.17, 15) is 14.7 Å². The third-order valence-corrected chi connectivity index (χ3v) is 5.29. The first kappa shape index (κ1) is 16.2. The summed E-state index contributed by atoms with van der Waals surface area (Å²) in [4.78, 5) is 35.6. The molecule has 1 aromatic carbocycles. The quantitative estimate of drug-likeness (QED) is 0.578. The van der Waals surface area contributed by atoms with E-state index in [-0.39, 0.29) is 10.4 Å². The third kappa shape index (κ3) is 2.68. The molecule has 128 valence electrons. The number of thiophene rings is 1. The van der Waals surface area contributed by atoms with Crippen LogP contribution in [0.2, 0.25) is 0 Å². The molecule has 26 heavy (non-hydrogen) atoms. The standard InChI is InChI=1S/C19H13N3O3S/c1-10-15-17(23)21-14(22-18(15)26-16(10)19(24)25)7-6-11-8-9-20-13-5-3-2-4-12(11)13/h2-9H,1H3,(H,24,25)(H,21,22,23)/b7-6+. The molecular formula is C19H13N3O3S. The molecule has 0 saturated carbocycles. The zero-order valence-corrected chi connectivity index (χ0v) is 14.5. The van der Waals surface area contributed by atoms with Gasteiger partial charge in [-0.15, -0.1) is 11.3 Å². The lowest BCUT2D eigenvalue weighted by Gasteiger charge is -2.01. The fraction of sp³-hybridized carbons (Fsp3) is 0.0526. The second kappa shape index (κ2) is 6.20. The molecule has 0 aliphatic carbocycles. The molecule has 0 unspecified atom stereocenters. The maximum absolute atomic E-state index is 12.4. The molecule has 0 spiro atoms. The third-order valence-electron chi connectivity index (χ3n) is 4.12. The van der Waals surface area contributed by atoms with Gasteiger partial charge in [-0.3, -0.25) is 9.78 Å². The van der Waals surface area contributed by atoms with Gasteiger partial charge in [0.25, 0.3) is 5.56 Å². The van der Waals surface area contributed by atoms with E-state index in [1.165, 1.54) is 0 Å².